The Bertz CT molecular complexity index is 6010. The number of halogens is 19. The standard InChI is InChI=1S/C23H20Br2Cl2F2N6O2.C23H19BrCl2F2N6O2.C23H21Cl2F2N7O2.C18H14Cl2F2N6O/c24-8-2-5-16(25)21(36)33-19-11-35(34-20(19)13-6-7-17(26)18(27)9-13)23(31-12-30)32-14-3-1-4-15(10-14)37-22(28)29;24-16-5-2-8-33(21(16)35)19-11-34(32-20(19)13-6-7-17(25)18(26)9-13)23(30-12-29)31-14-3-1-4-15(10-14)36-22(27)28;24-16-7-6-13(9-17(16)25)20-19(33-8-2-5-18(29)21(33)35)11-34(32-20)23(30-12-28)31-14-3-1-4-15(10-14)36-22(26)27;19-13-5-4-10(6-14(13)20)16-15(24)8-28(27-16)18(25-9-23)26-11-2-1-3-12(7-11)29-17(21)22/h1,3-4,6-7,9-10,16,19,22H,2,5,8,11H2,(H,31,32)(H,33,36);1,3-4,6-7,9-10,16,19,22H,2,5,8,11H2,(H,30,31);1,3-4,6-7,9-10,18-19,22H,2,5,8,11,29H2,(H,30,31);1-7,15,17H,8,24H2,(H,25,26). The van der Waals surface area contributed by atoms with Crippen LogP contribution in [-0.4, -0.2) is 205 Å². The molecule has 8 aromatic rings. The van der Waals surface area contributed by atoms with Crippen molar-refractivity contribution in [2.45, 2.75) is 105 Å². The van der Waals surface area contributed by atoms with Crippen LogP contribution in [0.15, 0.2) is 210 Å². The third-order valence-corrected chi connectivity index (χ3v) is 25.4. The molecule has 722 valence electrons. The lowest BCUT2D eigenvalue weighted by atomic mass is 9.98. The maximum Gasteiger partial charge on any atom is 0.387 e. The quantitative estimate of drug-likeness (QED) is 0.00781. The molecule has 7 atom stereocenters. The number of hydrogen-bond donors (Lipinski definition) is 7. The Hall–Kier alpha value is -11.8. The summed E-state index contributed by atoms with van der Waals surface area (Å²) in [5.41, 5.74) is 17.9. The van der Waals surface area contributed by atoms with Crippen LogP contribution in [0.25, 0.3) is 0 Å². The Morgan fingerprint density at radius 3 is 1.10 bits per heavy atom. The van der Waals surface area contributed by atoms with Gasteiger partial charge in [-0.2, -0.15) is 76.6 Å². The summed E-state index contributed by atoms with van der Waals surface area (Å²) >= 11 is 59.2. The topological polar surface area (TPSA) is 414 Å². The number of carbonyl (C=O) groups is 3. The lowest BCUT2D eigenvalue weighted by molar-refractivity contribution is -0.136. The fourth-order valence-corrected chi connectivity index (χ4v) is 16.6. The van der Waals surface area contributed by atoms with Crippen molar-refractivity contribution in [3.05, 3.63) is 232 Å². The predicted molar refractivity (Wildman–Crippen MR) is 520 cm³/mol. The molecule has 3 amide bonds. The number of ether oxygens (including phenoxy) is 4. The Labute approximate surface area is 848 Å². The maximum atomic E-state index is 13.0. The van der Waals surface area contributed by atoms with E-state index in [0.717, 1.165) is 31.0 Å². The summed E-state index contributed by atoms with van der Waals surface area (Å²) in [6.45, 7) is -10.2. The number of carbonyl (C=O) groups excluding carboxylic acids is 3. The zero-order valence-corrected chi connectivity index (χ0v) is 81.8. The van der Waals surface area contributed by atoms with Crippen molar-refractivity contribution in [3.8, 4) is 47.8 Å². The van der Waals surface area contributed by atoms with E-state index in [1.807, 2.05) is 12.4 Å². The number of nitrogens with one attached hydrogen (secondary N) is 5. The summed E-state index contributed by atoms with van der Waals surface area (Å²) in [4.78, 5) is 58.9. The molecular weight excluding hydrogens is 2180 g/mol. The van der Waals surface area contributed by atoms with Gasteiger partial charge in [0, 0.05) is 64.9 Å². The number of guanidine groups is 4. The van der Waals surface area contributed by atoms with E-state index in [4.69, 9.17) is 110 Å². The van der Waals surface area contributed by atoms with E-state index in [-0.39, 0.29) is 118 Å². The van der Waals surface area contributed by atoms with Crippen molar-refractivity contribution in [3.63, 3.8) is 0 Å². The van der Waals surface area contributed by atoms with Gasteiger partial charge in [-0.3, -0.25) is 35.7 Å². The summed E-state index contributed by atoms with van der Waals surface area (Å²) in [6.07, 6.45) is 11.5. The number of amides is 3. The first kappa shape index (κ1) is 107. The largest absolute Gasteiger partial charge is 0.435 e. The molecule has 0 aliphatic carbocycles. The number of aliphatic imine (C=N–C) groups is 4. The number of nitriles is 4. The van der Waals surface area contributed by atoms with Gasteiger partial charge in [0.15, 0.2) is 24.8 Å². The highest BCUT2D eigenvalue weighted by Gasteiger charge is 2.43. The van der Waals surface area contributed by atoms with E-state index < -0.39 is 61.5 Å². The van der Waals surface area contributed by atoms with Gasteiger partial charge in [0.2, 0.25) is 41.6 Å². The molecule has 6 aliphatic heterocycles. The number of nitrogens with two attached hydrogens (primary N) is 2. The van der Waals surface area contributed by atoms with Gasteiger partial charge < -0.3 is 45.5 Å². The van der Waals surface area contributed by atoms with Crippen molar-refractivity contribution in [2.75, 3.05) is 44.6 Å². The van der Waals surface area contributed by atoms with Gasteiger partial charge in [-0.05, 0) is 136 Å². The van der Waals surface area contributed by atoms with Crippen molar-refractivity contribution in [2.24, 2.45) is 51.8 Å². The minimum absolute atomic E-state index is 0.0145. The van der Waals surface area contributed by atoms with Crippen LogP contribution in [0.1, 0.15) is 60.8 Å². The third-order valence-electron chi connectivity index (χ3n) is 20.1. The fourth-order valence-electron chi connectivity index (χ4n) is 14.0. The first-order valence-electron chi connectivity index (χ1n) is 40.8. The van der Waals surface area contributed by atoms with Crippen molar-refractivity contribution >= 4 is 228 Å². The molecule has 0 spiro atoms. The fraction of sp³-hybridized carbons (Fsp3) is 0.276. The maximum absolute atomic E-state index is 13.0. The molecule has 6 aliphatic rings. The van der Waals surface area contributed by atoms with Gasteiger partial charge in [-0.25, -0.2) is 40.0 Å². The van der Waals surface area contributed by atoms with Crippen LogP contribution in [0.4, 0.5) is 57.9 Å². The Morgan fingerprint density at radius 1 is 0.435 bits per heavy atom. The molecule has 6 heterocycles. The minimum Gasteiger partial charge on any atom is -0.435 e. The second kappa shape index (κ2) is 51.2. The second-order valence-electron chi connectivity index (χ2n) is 29.4. The van der Waals surface area contributed by atoms with Crippen LogP contribution < -0.4 is 57.0 Å². The molecule has 14 rings (SSSR count). The number of hydrazone groups is 4. The minimum atomic E-state index is -3.00. The molecule has 0 radical (unpaired) electrons. The van der Waals surface area contributed by atoms with Crippen LogP contribution in [0.3, 0.4) is 0 Å². The van der Waals surface area contributed by atoms with Crippen LogP contribution >= 0.6 is 141 Å². The first-order chi connectivity index (χ1) is 66.1. The number of likely N-dealkylation sites (tertiary alicyclic amines) is 2. The van der Waals surface area contributed by atoms with Gasteiger partial charge >= 0.3 is 26.4 Å². The molecule has 7 unspecified atom stereocenters. The molecule has 51 heteroatoms. The van der Waals surface area contributed by atoms with Gasteiger partial charge in [-0.15, -0.1) is 0 Å². The highest BCUT2D eigenvalue weighted by atomic mass is 79.9. The van der Waals surface area contributed by atoms with Crippen LogP contribution in [0.2, 0.25) is 40.2 Å². The number of benzene rings is 8. The molecule has 8 aromatic carbocycles. The lowest BCUT2D eigenvalue weighted by Crippen LogP contribution is -2.56. The molecule has 2 fully saturated rings. The predicted octanol–water partition coefficient (Wildman–Crippen LogP) is 18.3. The van der Waals surface area contributed by atoms with Crippen molar-refractivity contribution in [1.82, 2.24) is 56.4 Å². The molecule has 138 heavy (non-hydrogen) atoms. The van der Waals surface area contributed by atoms with Gasteiger partial charge in [-0.1, -0.05) is 189 Å². The average Bonchev–Trinajstić information content (AvgIpc) is 1.62. The van der Waals surface area contributed by atoms with Crippen LogP contribution in [-0.2, 0) is 14.4 Å². The van der Waals surface area contributed by atoms with E-state index in [2.05, 4.69) is 134 Å². The average molecular weight is 2260 g/mol. The monoisotopic (exact) mass is 2250 g/mol. The highest BCUT2D eigenvalue weighted by Crippen LogP contribution is 2.36. The SMILES string of the molecule is N#CNC(=Nc1cccc(OC(F)F)c1)N1CC(N)C(c2ccc(Cl)c(Cl)c2)=N1.N#CNC(=Nc1cccc(OC(F)F)c1)N1CC(N2CCCC(Br)C2=O)C(c2ccc(Cl)c(Cl)c2)=N1.N#CNC(=Nc1cccc(OC(F)F)c1)N1CC(N2CCCC(N)C2=O)C(c2ccc(Cl)c(Cl)c2)=N1.N#CNC(=Nc1cccc(OC(F)F)c1)N1CC(NC(=O)C(Br)CCCBr)C(c2ccc(Cl)c(Cl)c2)=N1. The Kier molecular flexibility index (Phi) is 39.6. The van der Waals surface area contributed by atoms with Crippen molar-refractivity contribution in [1.29, 1.82) is 21.0 Å². The van der Waals surface area contributed by atoms with Crippen LogP contribution in [0, 0.1) is 45.8 Å². The molecule has 2 saturated heterocycles. The molecular formula is C87H74Br3Cl8F8N25O7. The van der Waals surface area contributed by atoms with E-state index in [0.29, 0.717) is 111 Å². The van der Waals surface area contributed by atoms with Crippen LogP contribution in [0.5, 0.6) is 23.0 Å². The third kappa shape index (κ3) is 29.6. The normalized spacial score (nSPS) is 18.5. The number of rotatable bonds is 23. The van der Waals surface area contributed by atoms with Gasteiger partial charge in [0.25, 0.3) is 0 Å². The molecule has 9 N–H and O–H groups in total. The summed E-state index contributed by atoms with van der Waals surface area (Å²) in [7, 11) is 0. The first-order valence-corrected chi connectivity index (χ1v) is 46.8. The second-order valence-corrected chi connectivity index (χ2v) is 35.7. The van der Waals surface area contributed by atoms with Gasteiger partial charge in [0.1, 0.15) is 23.0 Å². The number of nitrogens with zero attached hydrogens (tertiary/aromatic N) is 18. The Morgan fingerprint density at radius 2 is 0.754 bits per heavy atom. The zero-order chi connectivity index (χ0) is 99.6. The zero-order valence-electron chi connectivity index (χ0n) is 71.0. The van der Waals surface area contributed by atoms with E-state index >= 15 is 0 Å². The molecule has 0 aromatic heterocycles. The van der Waals surface area contributed by atoms with Gasteiger partial charge in [0.05, 0.1) is 152 Å². The number of piperidine rings is 2. The Balaban J connectivity index is 0.000000177. The van der Waals surface area contributed by atoms with E-state index in [1.54, 1.807) is 119 Å². The highest BCUT2D eigenvalue weighted by molar-refractivity contribution is 9.10. The summed E-state index contributed by atoms with van der Waals surface area (Å²) in [5.74, 6) is -0.654. The van der Waals surface area contributed by atoms with E-state index in [1.165, 1.54) is 92.8 Å². The lowest BCUT2D eigenvalue weighted by Gasteiger charge is -2.35. The number of alkyl halides is 11. The summed E-state index contributed by atoms with van der Waals surface area (Å²) in [6, 6.07) is 40.3. The van der Waals surface area contributed by atoms with Crippen molar-refractivity contribution < 1.29 is 68.5 Å². The molecule has 0 bridgehead atoms. The number of hydrogen-bond acceptors (Lipinski definition) is 21. The summed E-state index contributed by atoms with van der Waals surface area (Å²) in [5, 5.41) is 77.5. The summed E-state index contributed by atoms with van der Waals surface area (Å²) < 4.78 is 118. The molecule has 32 nitrogen and oxygen atoms in total. The smallest absolute Gasteiger partial charge is 0.387 e. The van der Waals surface area contributed by atoms with E-state index in [9.17, 15) is 65.3 Å². The molecule has 0 saturated carbocycles.